The van der Waals surface area contributed by atoms with Crippen molar-refractivity contribution in [2.24, 2.45) is 5.73 Å². The third-order valence-corrected chi connectivity index (χ3v) is 7.35. The van der Waals surface area contributed by atoms with Crippen LogP contribution in [0, 0.1) is 0 Å². The highest BCUT2D eigenvalue weighted by atomic mass is 32.1. The summed E-state index contributed by atoms with van der Waals surface area (Å²) in [7, 11) is 0. The van der Waals surface area contributed by atoms with Crippen molar-refractivity contribution in [1.82, 2.24) is 0 Å². The van der Waals surface area contributed by atoms with E-state index in [0.29, 0.717) is 5.06 Å². The largest absolute Gasteiger partial charge is 0.459 e. The first-order valence-corrected chi connectivity index (χ1v) is 14.5. The number of primary amides is 1. The molecule has 1 aliphatic rings. The van der Waals surface area contributed by atoms with E-state index in [0.717, 1.165) is 11.3 Å². The molecule has 12 nitrogen and oxygen atoms in total. The number of esters is 3. The number of rotatable bonds is 12. The predicted molar refractivity (Wildman–Crippen MR) is 159 cm³/mol. The monoisotopic (exact) mass is 630 g/mol. The van der Waals surface area contributed by atoms with Gasteiger partial charge in [-0.15, -0.1) is 11.3 Å². The molecule has 1 fully saturated rings. The van der Waals surface area contributed by atoms with Crippen LogP contribution in [0.25, 0.3) is 0 Å². The highest BCUT2D eigenvalue weighted by Crippen LogP contribution is 2.33. The number of hydroxylamine groups is 1. The highest BCUT2D eigenvalue weighted by molar-refractivity contribution is 7.08. The number of nitrogens with two attached hydrogens (primary N) is 1. The van der Waals surface area contributed by atoms with Crippen molar-refractivity contribution in [1.29, 1.82) is 0 Å². The lowest BCUT2D eigenvalue weighted by molar-refractivity contribution is -0.178. The predicted octanol–water partition coefficient (Wildman–Crippen LogP) is 3.77. The first-order valence-electron chi connectivity index (χ1n) is 13.5. The Morgan fingerprint density at radius 1 is 0.756 bits per heavy atom. The second-order valence-electron chi connectivity index (χ2n) is 9.55. The number of ether oxygens (including phenoxy) is 4. The summed E-state index contributed by atoms with van der Waals surface area (Å²) in [6.07, 6.45) is -5.41. The molecule has 1 aliphatic heterocycles. The highest BCUT2D eigenvalue weighted by Gasteiger charge is 2.52. The van der Waals surface area contributed by atoms with Crippen molar-refractivity contribution < 1.29 is 47.8 Å². The molecular formula is C32H26N2O10S. The van der Waals surface area contributed by atoms with Crippen LogP contribution in [0.15, 0.2) is 102 Å². The van der Waals surface area contributed by atoms with Crippen LogP contribution in [-0.2, 0) is 28.6 Å². The Hall–Kier alpha value is -5.37. The molecule has 0 saturated carbocycles. The Kier molecular flexibility index (Phi) is 9.94. The minimum atomic E-state index is -1.59. The van der Waals surface area contributed by atoms with Gasteiger partial charge in [0.15, 0.2) is 12.2 Å². The molecule has 2 heterocycles. The van der Waals surface area contributed by atoms with E-state index in [1.165, 1.54) is 35.0 Å². The molecule has 0 aliphatic carbocycles. The van der Waals surface area contributed by atoms with E-state index < -0.39 is 55.0 Å². The van der Waals surface area contributed by atoms with E-state index in [1.54, 1.807) is 66.7 Å². The molecule has 45 heavy (non-hydrogen) atoms. The first-order chi connectivity index (χ1) is 21.9. The lowest BCUT2D eigenvalue weighted by atomic mass is 10.1. The van der Waals surface area contributed by atoms with Gasteiger partial charge in [0.2, 0.25) is 12.7 Å². The van der Waals surface area contributed by atoms with Gasteiger partial charge in [-0.1, -0.05) is 54.6 Å². The van der Waals surface area contributed by atoms with Crippen molar-refractivity contribution in [3.63, 3.8) is 0 Å². The Labute approximate surface area is 260 Å². The molecule has 3 aromatic carbocycles. The fraction of sp³-hybridized carbons (Fsp3) is 0.156. The quantitative estimate of drug-likeness (QED) is 0.106. The number of thiophene rings is 1. The number of benzene rings is 3. The molecule has 0 unspecified atom stereocenters. The number of amides is 2. The number of nitrogens with zero attached hydrogens (tertiary/aromatic N) is 1. The second-order valence-corrected chi connectivity index (χ2v) is 10.3. The minimum absolute atomic E-state index is 0.0102. The number of hydrogen-bond donors (Lipinski definition) is 1. The third kappa shape index (κ3) is 7.41. The standard InChI is InChI=1S/C32H26N2O10S/c33-28(36)23-17-45-18-24(23)34(19-35)44-32-27(43-31(39)22-14-8-3-9-15-22)26(42-30(38)21-12-6-2-7-13-21)25(41-32)16-40-29(37)20-10-4-1-5-11-20/h1-15,17-19,25-27,32H,16H2,(H2,33,36)/t25-,26-,27-,32+/m1/s1. The minimum Gasteiger partial charge on any atom is -0.459 e. The van der Waals surface area contributed by atoms with Crippen LogP contribution in [0.4, 0.5) is 5.69 Å². The third-order valence-electron chi connectivity index (χ3n) is 6.62. The first kappa shape index (κ1) is 31.1. The van der Waals surface area contributed by atoms with Gasteiger partial charge in [0.1, 0.15) is 12.7 Å². The van der Waals surface area contributed by atoms with Crippen LogP contribution in [0.1, 0.15) is 41.4 Å². The Balaban J connectivity index is 1.47. The Bertz CT molecular complexity index is 1650. The van der Waals surface area contributed by atoms with Gasteiger partial charge in [0, 0.05) is 10.8 Å². The van der Waals surface area contributed by atoms with Gasteiger partial charge in [-0.3, -0.25) is 9.59 Å². The zero-order chi connectivity index (χ0) is 31.8. The summed E-state index contributed by atoms with van der Waals surface area (Å²) in [6, 6.07) is 24.2. The number of carbonyl (C=O) groups excluding carboxylic acids is 5. The Morgan fingerprint density at radius 2 is 1.27 bits per heavy atom. The van der Waals surface area contributed by atoms with Crippen LogP contribution in [0.5, 0.6) is 0 Å². The maximum absolute atomic E-state index is 13.2. The van der Waals surface area contributed by atoms with E-state index in [1.807, 2.05) is 0 Å². The average molecular weight is 631 g/mol. The van der Waals surface area contributed by atoms with Gasteiger partial charge < -0.3 is 24.7 Å². The lowest BCUT2D eigenvalue weighted by Gasteiger charge is -2.26. The number of carbonyl (C=O) groups is 5. The molecular weight excluding hydrogens is 604 g/mol. The summed E-state index contributed by atoms with van der Waals surface area (Å²) in [5.41, 5.74) is 6.07. The molecule has 2 amide bonds. The van der Waals surface area contributed by atoms with Crippen molar-refractivity contribution in [3.05, 3.63) is 124 Å². The fourth-order valence-electron chi connectivity index (χ4n) is 4.42. The van der Waals surface area contributed by atoms with E-state index in [4.69, 9.17) is 29.5 Å². The lowest BCUT2D eigenvalue weighted by Crippen LogP contribution is -2.44. The van der Waals surface area contributed by atoms with Crippen molar-refractivity contribution in [2.45, 2.75) is 24.6 Å². The summed E-state index contributed by atoms with van der Waals surface area (Å²) in [5.74, 6) is -3.10. The summed E-state index contributed by atoms with van der Waals surface area (Å²) in [4.78, 5) is 69.1. The maximum atomic E-state index is 13.2. The second kappa shape index (κ2) is 14.4. The van der Waals surface area contributed by atoms with Gasteiger partial charge in [-0.25, -0.2) is 19.2 Å². The number of anilines is 1. The van der Waals surface area contributed by atoms with E-state index >= 15 is 0 Å². The molecule has 5 rings (SSSR count). The van der Waals surface area contributed by atoms with Gasteiger partial charge in [0.05, 0.1) is 27.9 Å². The summed E-state index contributed by atoms with van der Waals surface area (Å²) in [5, 5.41) is 3.57. The fourth-order valence-corrected chi connectivity index (χ4v) is 5.22. The van der Waals surface area contributed by atoms with Crippen LogP contribution in [0.3, 0.4) is 0 Å². The van der Waals surface area contributed by atoms with Crippen LogP contribution >= 0.6 is 11.3 Å². The molecule has 0 spiro atoms. The van der Waals surface area contributed by atoms with E-state index in [9.17, 15) is 24.0 Å². The smallest absolute Gasteiger partial charge is 0.338 e. The van der Waals surface area contributed by atoms with Crippen molar-refractivity contribution in [2.75, 3.05) is 11.7 Å². The van der Waals surface area contributed by atoms with Gasteiger partial charge in [-0.05, 0) is 36.4 Å². The van der Waals surface area contributed by atoms with E-state index in [2.05, 4.69) is 0 Å². The number of hydrogen-bond acceptors (Lipinski definition) is 11. The molecule has 1 aromatic heterocycles. The zero-order valence-corrected chi connectivity index (χ0v) is 24.2. The molecule has 4 atom stereocenters. The molecule has 0 radical (unpaired) electrons. The van der Waals surface area contributed by atoms with Crippen LogP contribution in [0.2, 0.25) is 0 Å². The topological polar surface area (TPSA) is 161 Å². The van der Waals surface area contributed by atoms with Gasteiger partial charge >= 0.3 is 17.9 Å². The Morgan fingerprint density at radius 3 is 1.78 bits per heavy atom. The normalized spacial score (nSPS) is 18.8. The molecule has 1 saturated heterocycles. The molecule has 2 N–H and O–H groups in total. The van der Waals surface area contributed by atoms with Crippen molar-refractivity contribution in [3.8, 4) is 0 Å². The summed E-state index contributed by atoms with van der Waals surface area (Å²) < 4.78 is 23.1. The molecule has 0 bridgehead atoms. The average Bonchev–Trinajstić information content (AvgIpc) is 3.69. The molecule has 230 valence electrons. The van der Waals surface area contributed by atoms with E-state index in [-0.39, 0.29) is 34.4 Å². The van der Waals surface area contributed by atoms with Gasteiger partial charge in [0.25, 0.3) is 5.91 Å². The summed E-state index contributed by atoms with van der Waals surface area (Å²) in [6.45, 7) is -0.453. The van der Waals surface area contributed by atoms with Crippen LogP contribution < -0.4 is 10.8 Å². The molecule has 4 aromatic rings. The molecule has 13 heteroatoms. The van der Waals surface area contributed by atoms with Gasteiger partial charge in [-0.2, -0.15) is 5.06 Å². The zero-order valence-electron chi connectivity index (χ0n) is 23.4. The SMILES string of the molecule is NC(=O)c1cscc1N(C=O)O[C@@H]1O[C@H](COC(=O)c2ccccc2)[C@@H](OC(=O)c2ccccc2)[C@H]1OC(=O)c1ccccc1. The van der Waals surface area contributed by atoms with Crippen molar-refractivity contribution >= 4 is 47.2 Å². The maximum Gasteiger partial charge on any atom is 0.338 e. The van der Waals surface area contributed by atoms with Crippen LogP contribution in [-0.4, -0.2) is 61.4 Å². The summed E-state index contributed by atoms with van der Waals surface area (Å²) >= 11 is 1.09.